The first-order valence-electron chi connectivity index (χ1n) is 7.74. The van der Waals surface area contributed by atoms with E-state index in [-0.39, 0.29) is 29.8 Å². The smallest absolute Gasteiger partial charge is 0.191 e. The van der Waals surface area contributed by atoms with E-state index >= 15 is 0 Å². The van der Waals surface area contributed by atoms with Crippen LogP contribution in [0, 0.1) is 5.82 Å². The van der Waals surface area contributed by atoms with Crippen molar-refractivity contribution in [3.8, 4) is 5.75 Å². The monoisotopic (exact) mass is 439 g/mol. The molecule has 0 aliphatic rings. The van der Waals surface area contributed by atoms with Crippen LogP contribution in [0.2, 0.25) is 0 Å². The molecule has 1 rings (SSSR count). The summed E-state index contributed by atoms with van der Waals surface area (Å²) in [7, 11) is 0. The van der Waals surface area contributed by atoms with Crippen LogP contribution in [0.1, 0.15) is 20.3 Å². The summed E-state index contributed by atoms with van der Waals surface area (Å²) >= 11 is 0. The van der Waals surface area contributed by atoms with Crippen molar-refractivity contribution >= 4 is 29.9 Å². The average Bonchev–Trinajstić information content (AvgIpc) is 2.53. The first-order valence-corrected chi connectivity index (χ1v) is 7.74. The number of benzene rings is 1. The molecule has 0 bridgehead atoms. The Morgan fingerprint density at radius 1 is 1.13 bits per heavy atom. The number of rotatable bonds is 10. The van der Waals surface area contributed by atoms with Gasteiger partial charge in [0.15, 0.2) is 5.96 Å². The molecule has 5 nitrogen and oxygen atoms in total. The topological polar surface area (TPSA) is 54.9 Å². The Morgan fingerprint density at radius 3 is 2.52 bits per heavy atom. The lowest BCUT2D eigenvalue weighted by atomic mass is 10.3. The summed E-state index contributed by atoms with van der Waals surface area (Å²) in [5, 5.41) is 6.38. The van der Waals surface area contributed by atoms with Gasteiger partial charge in [0.25, 0.3) is 0 Å². The number of halogens is 2. The number of nitrogens with one attached hydrogen (secondary N) is 2. The summed E-state index contributed by atoms with van der Waals surface area (Å²) in [6.07, 6.45) is 0.791. The number of aliphatic imine (C=N–C) groups is 1. The van der Waals surface area contributed by atoms with Crippen LogP contribution in [-0.4, -0.2) is 45.4 Å². The van der Waals surface area contributed by atoms with Gasteiger partial charge in [-0.25, -0.2) is 4.39 Å². The van der Waals surface area contributed by atoms with Gasteiger partial charge in [-0.3, -0.25) is 4.99 Å². The predicted octanol–water partition coefficient (Wildman–Crippen LogP) is 2.80. The third-order valence-corrected chi connectivity index (χ3v) is 2.74. The summed E-state index contributed by atoms with van der Waals surface area (Å²) in [6, 6.07) is 6.02. The highest BCUT2D eigenvalue weighted by Crippen LogP contribution is 2.10. The van der Waals surface area contributed by atoms with E-state index in [1.807, 2.05) is 13.8 Å². The zero-order chi connectivity index (χ0) is 16.0. The van der Waals surface area contributed by atoms with Crippen molar-refractivity contribution in [1.82, 2.24) is 10.6 Å². The zero-order valence-corrected chi connectivity index (χ0v) is 16.1. The average molecular weight is 439 g/mol. The van der Waals surface area contributed by atoms with Gasteiger partial charge in [0.1, 0.15) is 11.6 Å². The van der Waals surface area contributed by atoms with Crippen molar-refractivity contribution in [1.29, 1.82) is 0 Å². The minimum absolute atomic E-state index is 0. The van der Waals surface area contributed by atoms with Crippen LogP contribution in [0.5, 0.6) is 5.75 Å². The Kier molecular flexibility index (Phi) is 13.8. The third-order valence-electron chi connectivity index (χ3n) is 2.74. The maximum atomic E-state index is 12.7. The molecule has 0 spiro atoms. The van der Waals surface area contributed by atoms with Crippen LogP contribution in [0.25, 0.3) is 0 Å². The van der Waals surface area contributed by atoms with Crippen LogP contribution in [0.3, 0.4) is 0 Å². The molecule has 0 aliphatic heterocycles. The van der Waals surface area contributed by atoms with Gasteiger partial charge in [0.05, 0.1) is 13.2 Å². The second-order valence-electron chi connectivity index (χ2n) is 4.54. The highest BCUT2D eigenvalue weighted by Gasteiger charge is 1.97. The molecule has 2 N–H and O–H groups in total. The normalized spacial score (nSPS) is 10.8. The Bertz CT molecular complexity index is 430. The van der Waals surface area contributed by atoms with Crippen molar-refractivity contribution in [3.05, 3.63) is 30.1 Å². The standard InChI is InChI=1S/C16H26FN3O2.HI/c1-3-18-16(20-11-13-21-4-2)19-10-5-12-22-15-8-6-14(17)7-9-15;/h6-9H,3-5,10-13H2,1-2H3,(H2,18,19,20);1H. The van der Waals surface area contributed by atoms with Crippen molar-refractivity contribution in [2.75, 3.05) is 39.5 Å². The van der Waals surface area contributed by atoms with E-state index in [0.717, 1.165) is 32.1 Å². The highest BCUT2D eigenvalue weighted by atomic mass is 127. The van der Waals surface area contributed by atoms with Gasteiger partial charge in [-0.2, -0.15) is 0 Å². The van der Waals surface area contributed by atoms with Gasteiger partial charge >= 0.3 is 0 Å². The summed E-state index contributed by atoms with van der Waals surface area (Å²) in [4.78, 5) is 4.46. The predicted molar refractivity (Wildman–Crippen MR) is 102 cm³/mol. The quantitative estimate of drug-likeness (QED) is 0.255. The molecule has 7 heteroatoms. The maximum absolute atomic E-state index is 12.7. The molecule has 0 aliphatic carbocycles. The van der Waals surface area contributed by atoms with Crippen LogP contribution in [0.4, 0.5) is 4.39 Å². The second-order valence-corrected chi connectivity index (χ2v) is 4.54. The SMILES string of the molecule is CCNC(=NCCCOc1ccc(F)cc1)NCCOCC.I. The number of nitrogens with zero attached hydrogens (tertiary/aromatic N) is 1. The first kappa shape index (κ1) is 21.9. The molecule has 0 atom stereocenters. The van der Waals surface area contributed by atoms with Gasteiger partial charge in [0, 0.05) is 32.7 Å². The number of hydrogen-bond donors (Lipinski definition) is 2. The summed E-state index contributed by atoms with van der Waals surface area (Å²) in [6.45, 7) is 8.12. The lowest BCUT2D eigenvalue weighted by Gasteiger charge is -2.11. The van der Waals surface area contributed by atoms with Gasteiger partial charge in [0.2, 0.25) is 0 Å². The zero-order valence-electron chi connectivity index (χ0n) is 13.8. The lowest BCUT2D eigenvalue weighted by Crippen LogP contribution is -2.39. The van der Waals surface area contributed by atoms with Crippen LogP contribution >= 0.6 is 24.0 Å². The number of guanidine groups is 1. The van der Waals surface area contributed by atoms with Crippen molar-refractivity contribution < 1.29 is 13.9 Å². The van der Waals surface area contributed by atoms with Crippen LogP contribution in [-0.2, 0) is 4.74 Å². The van der Waals surface area contributed by atoms with E-state index in [4.69, 9.17) is 9.47 Å². The molecule has 0 saturated carbocycles. The van der Waals surface area contributed by atoms with E-state index in [1.54, 1.807) is 12.1 Å². The molecule has 0 amide bonds. The molecule has 1 aromatic rings. The van der Waals surface area contributed by atoms with Gasteiger partial charge in [-0.15, -0.1) is 24.0 Å². The second kappa shape index (κ2) is 14.5. The van der Waals surface area contributed by atoms with Crippen molar-refractivity contribution in [2.24, 2.45) is 4.99 Å². The van der Waals surface area contributed by atoms with E-state index in [2.05, 4.69) is 15.6 Å². The molecular weight excluding hydrogens is 412 g/mol. The minimum atomic E-state index is -0.259. The minimum Gasteiger partial charge on any atom is -0.494 e. The fraction of sp³-hybridized carbons (Fsp3) is 0.562. The van der Waals surface area contributed by atoms with E-state index < -0.39 is 0 Å². The van der Waals surface area contributed by atoms with E-state index in [1.165, 1.54) is 12.1 Å². The van der Waals surface area contributed by atoms with Gasteiger partial charge in [-0.05, 0) is 38.1 Å². The van der Waals surface area contributed by atoms with Crippen LogP contribution in [0.15, 0.2) is 29.3 Å². The summed E-state index contributed by atoms with van der Waals surface area (Å²) < 4.78 is 23.5. The molecule has 0 fully saturated rings. The molecule has 0 heterocycles. The first-order chi connectivity index (χ1) is 10.8. The molecule has 0 saturated heterocycles. The molecular formula is C16H27FIN3O2. The van der Waals surface area contributed by atoms with Crippen molar-refractivity contribution in [3.63, 3.8) is 0 Å². The fourth-order valence-corrected chi connectivity index (χ4v) is 1.70. The molecule has 0 unspecified atom stereocenters. The lowest BCUT2D eigenvalue weighted by molar-refractivity contribution is 0.152. The van der Waals surface area contributed by atoms with E-state index in [9.17, 15) is 4.39 Å². The largest absolute Gasteiger partial charge is 0.494 e. The molecule has 0 aromatic heterocycles. The van der Waals surface area contributed by atoms with E-state index in [0.29, 0.717) is 25.5 Å². The summed E-state index contributed by atoms with van der Waals surface area (Å²) in [5.41, 5.74) is 0. The van der Waals surface area contributed by atoms with Crippen LogP contribution < -0.4 is 15.4 Å². The fourth-order valence-electron chi connectivity index (χ4n) is 1.70. The summed E-state index contributed by atoms with van der Waals surface area (Å²) in [5.74, 6) is 1.20. The highest BCUT2D eigenvalue weighted by molar-refractivity contribution is 14.0. The number of hydrogen-bond acceptors (Lipinski definition) is 3. The Labute approximate surface area is 155 Å². The Balaban J connectivity index is 0.00000484. The molecule has 1 aromatic carbocycles. The Morgan fingerprint density at radius 2 is 1.87 bits per heavy atom. The maximum Gasteiger partial charge on any atom is 0.191 e. The molecule has 132 valence electrons. The molecule has 0 radical (unpaired) electrons. The van der Waals surface area contributed by atoms with Gasteiger partial charge in [-0.1, -0.05) is 0 Å². The van der Waals surface area contributed by atoms with Gasteiger partial charge < -0.3 is 20.1 Å². The Hall–Kier alpha value is -1.09. The molecule has 23 heavy (non-hydrogen) atoms. The third kappa shape index (κ3) is 11.1. The van der Waals surface area contributed by atoms with Crippen molar-refractivity contribution in [2.45, 2.75) is 20.3 Å². The number of ether oxygens (including phenoxy) is 2.